The quantitative estimate of drug-likeness (QED) is 0.904. The molecule has 0 aliphatic carbocycles. The van der Waals surface area contributed by atoms with Crippen molar-refractivity contribution in [1.29, 1.82) is 0 Å². The normalized spacial score (nSPS) is 14.2. The molecule has 0 heterocycles. The molecule has 0 radical (unpaired) electrons. The molecule has 0 aliphatic heterocycles. The molecule has 0 fully saturated rings. The largest absolute Gasteiger partial charge is 0.326 e. The smallest absolute Gasteiger partial charge is 0.123 e. The Morgan fingerprint density at radius 1 is 1.14 bits per heavy atom. The molecule has 2 rings (SSSR count). The third-order valence-electron chi connectivity index (χ3n) is 3.54. The van der Waals surface area contributed by atoms with E-state index in [1.807, 2.05) is 38.2 Å². The van der Waals surface area contributed by atoms with E-state index in [9.17, 15) is 4.39 Å². The van der Waals surface area contributed by atoms with Crippen molar-refractivity contribution in [3.8, 4) is 0 Å². The van der Waals surface area contributed by atoms with Crippen LogP contribution in [0.25, 0.3) is 0 Å². The molecule has 0 aliphatic rings. The summed E-state index contributed by atoms with van der Waals surface area (Å²) in [6, 6.07) is 14.2. The minimum Gasteiger partial charge on any atom is -0.326 e. The Balaban J connectivity index is 2.22. The van der Waals surface area contributed by atoms with Crippen molar-refractivity contribution in [3.05, 3.63) is 70.5 Å². The Kier molecular flexibility index (Phi) is 5.34. The van der Waals surface area contributed by atoms with Crippen molar-refractivity contribution in [2.24, 2.45) is 5.73 Å². The van der Waals surface area contributed by atoms with Crippen molar-refractivity contribution >= 4 is 11.6 Å². The summed E-state index contributed by atoms with van der Waals surface area (Å²) in [5.74, 6) is -0.226. The Morgan fingerprint density at radius 2 is 1.76 bits per heavy atom. The summed E-state index contributed by atoms with van der Waals surface area (Å²) in [6.45, 7) is 2.65. The van der Waals surface area contributed by atoms with Gasteiger partial charge < -0.3 is 5.73 Å². The molecule has 0 aromatic heterocycles. The summed E-state index contributed by atoms with van der Waals surface area (Å²) in [7, 11) is 2.00. The Bertz CT molecular complexity index is 584. The van der Waals surface area contributed by atoms with Crippen LogP contribution in [-0.4, -0.2) is 18.0 Å². The van der Waals surface area contributed by atoms with Gasteiger partial charge in [-0.2, -0.15) is 0 Å². The Hall–Kier alpha value is -1.42. The molecule has 0 spiro atoms. The number of benzene rings is 2. The van der Waals surface area contributed by atoms with Crippen LogP contribution < -0.4 is 5.73 Å². The lowest BCUT2D eigenvalue weighted by atomic mass is 9.99. The van der Waals surface area contributed by atoms with Gasteiger partial charge in [0.25, 0.3) is 0 Å². The molecule has 2 unspecified atom stereocenters. The highest BCUT2D eigenvalue weighted by atomic mass is 35.5. The van der Waals surface area contributed by atoms with Crippen molar-refractivity contribution in [2.75, 3.05) is 7.05 Å². The van der Waals surface area contributed by atoms with E-state index in [-0.39, 0.29) is 17.9 Å². The van der Waals surface area contributed by atoms with Crippen LogP contribution in [0.3, 0.4) is 0 Å². The molecular weight excluding hydrogens is 287 g/mol. The first-order chi connectivity index (χ1) is 9.99. The molecule has 0 saturated carbocycles. The minimum absolute atomic E-state index is 0.00348. The van der Waals surface area contributed by atoms with Gasteiger partial charge in [-0.25, -0.2) is 4.39 Å². The van der Waals surface area contributed by atoms with Crippen LogP contribution in [0.15, 0.2) is 48.5 Å². The second-order valence-corrected chi connectivity index (χ2v) is 5.77. The summed E-state index contributed by atoms with van der Waals surface area (Å²) in [5, 5.41) is 0.714. The zero-order chi connectivity index (χ0) is 15.4. The first kappa shape index (κ1) is 16.0. The van der Waals surface area contributed by atoms with Crippen LogP contribution in [0.1, 0.15) is 24.1 Å². The average molecular weight is 307 g/mol. The maximum absolute atomic E-state index is 13.0. The molecule has 2 atom stereocenters. The number of rotatable bonds is 5. The number of likely N-dealkylation sites (N-methyl/N-ethyl adjacent to an activating group) is 1. The molecular formula is C17H20ClFN2. The highest BCUT2D eigenvalue weighted by Gasteiger charge is 2.23. The minimum atomic E-state index is -0.226. The molecule has 2 N–H and O–H groups in total. The lowest BCUT2D eigenvalue weighted by molar-refractivity contribution is 0.211. The van der Waals surface area contributed by atoms with Gasteiger partial charge in [-0.3, -0.25) is 4.90 Å². The van der Waals surface area contributed by atoms with E-state index in [0.29, 0.717) is 11.6 Å². The monoisotopic (exact) mass is 306 g/mol. The Morgan fingerprint density at radius 3 is 2.33 bits per heavy atom. The van der Waals surface area contributed by atoms with Crippen LogP contribution >= 0.6 is 11.6 Å². The number of nitrogens with two attached hydrogens (primary N) is 1. The van der Waals surface area contributed by atoms with E-state index >= 15 is 0 Å². The summed E-state index contributed by atoms with van der Waals surface area (Å²) >= 11 is 6.30. The number of nitrogens with zero attached hydrogens (tertiary/aromatic N) is 1. The Labute approximate surface area is 130 Å². The maximum Gasteiger partial charge on any atom is 0.123 e. The fourth-order valence-electron chi connectivity index (χ4n) is 2.61. The van der Waals surface area contributed by atoms with Gasteiger partial charge in [0, 0.05) is 17.6 Å². The number of hydrogen-bond donors (Lipinski definition) is 1. The lowest BCUT2D eigenvalue weighted by Crippen LogP contribution is -2.37. The van der Waals surface area contributed by atoms with Crippen molar-refractivity contribution in [1.82, 2.24) is 4.90 Å². The van der Waals surface area contributed by atoms with E-state index in [2.05, 4.69) is 4.90 Å². The topological polar surface area (TPSA) is 29.3 Å². The van der Waals surface area contributed by atoms with E-state index in [1.54, 1.807) is 12.1 Å². The predicted octanol–water partition coefficient (Wildman–Crippen LogP) is 4.00. The second-order valence-electron chi connectivity index (χ2n) is 5.37. The summed E-state index contributed by atoms with van der Waals surface area (Å²) in [6.07, 6.45) is 0. The fraction of sp³-hybridized carbons (Fsp3) is 0.294. The zero-order valence-electron chi connectivity index (χ0n) is 12.3. The zero-order valence-corrected chi connectivity index (χ0v) is 13.0. The van der Waals surface area contributed by atoms with Gasteiger partial charge in [-0.1, -0.05) is 41.9 Å². The number of halogens is 2. The van der Waals surface area contributed by atoms with Crippen LogP contribution in [0, 0.1) is 5.82 Å². The maximum atomic E-state index is 13.0. The van der Waals surface area contributed by atoms with Gasteiger partial charge in [0.1, 0.15) is 5.82 Å². The highest BCUT2D eigenvalue weighted by Crippen LogP contribution is 2.29. The molecule has 0 bridgehead atoms. The standard InChI is InChI=1S/C17H20ClFN2/c1-12(20)17(15-5-3-4-6-16(15)18)21(2)11-13-7-9-14(19)10-8-13/h3-10,12,17H,11,20H2,1-2H3. The summed E-state index contributed by atoms with van der Waals surface area (Å²) in [4.78, 5) is 2.14. The van der Waals surface area contributed by atoms with Crippen LogP contribution in [-0.2, 0) is 6.54 Å². The fourth-order valence-corrected chi connectivity index (χ4v) is 2.86. The predicted molar refractivity (Wildman–Crippen MR) is 85.7 cm³/mol. The molecule has 0 amide bonds. The van der Waals surface area contributed by atoms with Gasteiger partial charge in [0.15, 0.2) is 0 Å². The van der Waals surface area contributed by atoms with E-state index in [0.717, 1.165) is 11.1 Å². The van der Waals surface area contributed by atoms with Gasteiger partial charge >= 0.3 is 0 Å². The van der Waals surface area contributed by atoms with Crippen LogP contribution in [0.5, 0.6) is 0 Å². The van der Waals surface area contributed by atoms with Crippen molar-refractivity contribution in [2.45, 2.75) is 25.6 Å². The molecule has 112 valence electrons. The first-order valence-corrected chi connectivity index (χ1v) is 7.31. The SMILES string of the molecule is CC(N)C(c1ccccc1Cl)N(C)Cc1ccc(F)cc1. The van der Waals surface area contributed by atoms with Gasteiger partial charge in [-0.15, -0.1) is 0 Å². The molecule has 21 heavy (non-hydrogen) atoms. The van der Waals surface area contributed by atoms with Gasteiger partial charge in [0.05, 0.1) is 6.04 Å². The van der Waals surface area contributed by atoms with Crippen LogP contribution in [0.4, 0.5) is 4.39 Å². The van der Waals surface area contributed by atoms with E-state index < -0.39 is 0 Å². The summed E-state index contributed by atoms with van der Waals surface area (Å²) < 4.78 is 13.0. The molecule has 2 nitrogen and oxygen atoms in total. The first-order valence-electron chi connectivity index (χ1n) is 6.93. The van der Waals surface area contributed by atoms with Crippen LogP contribution in [0.2, 0.25) is 5.02 Å². The van der Waals surface area contributed by atoms with Gasteiger partial charge in [0.2, 0.25) is 0 Å². The molecule has 2 aromatic carbocycles. The van der Waals surface area contributed by atoms with Crippen molar-refractivity contribution in [3.63, 3.8) is 0 Å². The number of hydrogen-bond acceptors (Lipinski definition) is 2. The average Bonchev–Trinajstić information content (AvgIpc) is 2.43. The molecule has 4 heteroatoms. The third-order valence-corrected chi connectivity index (χ3v) is 3.89. The van der Waals surface area contributed by atoms with E-state index in [4.69, 9.17) is 17.3 Å². The molecule has 2 aromatic rings. The third kappa shape index (κ3) is 4.03. The lowest BCUT2D eigenvalue weighted by Gasteiger charge is -2.32. The highest BCUT2D eigenvalue weighted by molar-refractivity contribution is 6.31. The van der Waals surface area contributed by atoms with E-state index in [1.165, 1.54) is 12.1 Å². The second kappa shape index (κ2) is 7.03. The van der Waals surface area contributed by atoms with Crippen molar-refractivity contribution < 1.29 is 4.39 Å². The van der Waals surface area contributed by atoms with Gasteiger partial charge in [-0.05, 0) is 43.3 Å². The summed E-state index contributed by atoms with van der Waals surface area (Å²) in [5.41, 5.74) is 8.21. The molecule has 0 saturated heterocycles.